The molecule has 0 saturated carbocycles. The molecule has 0 spiro atoms. The molecular weight excluding hydrogens is 274 g/mol. The molecule has 0 saturated heterocycles. The third kappa shape index (κ3) is 2.69. The highest BCUT2D eigenvalue weighted by Crippen LogP contribution is 2.28. The van der Waals surface area contributed by atoms with Crippen LogP contribution in [0.2, 0.25) is 4.34 Å². The fourth-order valence-corrected chi connectivity index (χ4v) is 2.67. The number of hydrogen-bond acceptors (Lipinski definition) is 4. The van der Waals surface area contributed by atoms with Crippen LogP contribution < -0.4 is 0 Å². The van der Waals surface area contributed by atoms with Gasteiger partial charge in [0.2, 0.25) is 0 Å². The third-order valence-corrected chi connectivity index (χ3v) is 3.81. The van der Waals surface area contributed by atoms with Crippen molar-refractivity contribution in [2.75, 3.05) is 0 Å². The first-order valence-electron chi connectivity index (χ1n) is 4.21. The minimum atomic E-state index is -0.588. The van der Waals surface area contributed by atoms with Crippen molar-refractivity contribution < 1.29 is 8.78 Å². The van der Waals surface area contributed by atoms with Gasteiger partial charge in [-0.15, -0.1) is 16.9 Å². The number of nitrogens with zero attached hydrogens (tertiary/aromatic N) is 2. The van der Waals surface area contributed by atoms with E-state index in [1.54, 1.807) is 0 Å². The Morgan fingerprint density at radius 2 is 2.19 bits per heavy atom. The summed E-state index contributed by atoms with van der Waals surface area (Å²) in [6.45, 7) is 0. The molecule has 0 amide bonds. The predicted octanol–water partition coefficient (Wildman–Crippen LogP) is 3.76. The summed E-state index contributed by atoms with van der Waals surface area (Å²) in [7, 11) is 0. The molecular formula is C9H5ClF2N2S2. The largest absolute Gasteiger partial charge is 0.207 e. The smallest absolute Gasteiger partial charge is 0.139 e. The van der Waals surface area contributed by atoms with E-state index in [0.29, 0.717) is 20.7 Å². The summed E-state index contributed by atoms with van der Waals surface area (Å²) in [5.74, 6) is -0.753. The molecule has 16 heavy (non-hydrogen) atoms. The van der Waals surface area contributed by atoms with Crippen LogP contribution in [0, 0.1) is 11.6 Å². The summed E-state index contributed by atoms with van der Waals surface area (Å²) >= 11 is 8.09. The molecule has 2 rings (SSSR count). The first-order chi connectivity index (χ1) is 7.66. The van der Waals surface area contributed by atoms with Gasteiger partial charge in [-0.05, 0) is 12.1 Å². The zero-order valence-corrected chi connectivity index (χ0v) is 10.2. The van der Waals surface area contributed by atoms with Gasteiger partial charge in [-0.1, -0.05) is 16.1 Å². The lowest BCUT2D eigenvalue weighted by Gasteiger charge is -2.01. The van der Waals surface area contributed by atoms with Crippen molar-refractivity contribution in [3.63, 3.8) is 0 Å². The van der Waals surface area contributed by atoms with Crippen LogP contribution in [0.15, 0.2) is 23.1 Å². The Kier molecular flexibility index (Phi) is 3.73. The Morgan fingerprint density at radius 3 is 2.81 bits per heavy atom. The lowest BCUT2D eigenvalue weighted by Crippen LogP contribution is -1.86. The van der Waals surface area contributed by atoms with E-state index in [1.165, 1.54) is 23.9 Å². The molecule has 0 aliphatic rings. The molecule has 0 aliphatic carbocycles. The van der Waals surface area contributed by atoms with Crippen molar-refractivity contribution in [1.82, 2.24) is 9.59 Å². The molecule has 0 fully saturated rings. The molecule has 84 valence electrons. The maximum absolute atomic E-state index is 13.3. The summed E-state index contributed by atoms with van der Waals surface area (Å²) in [5, 5.41) is 3.80. The first kappa shape index (κ1) is 11.8. The average molecular weight is 279 g/mol. The monoisotopic (exact) mass is 278 g/mol. The molecule has 0 aliphatic heterocycles. The van der Waals surface area contributed by atoms with Gasteiger partial charge < -0.3 is 0 Å². The van der Waals surface area contributed by atoms with Crippen molar-refractivity contribution in [3.8, 4) is 0 Å². The minimum Gasteiger partial charge on any atom is -0.207 e. The number of benzene rings is 1. The Bertz CT molecular complexity index is 504. The number of thioether (sulfide) groups is 1. The lowest BCUT2D eigenvalue weighted by atomic mass is 10.3. The normalized spacial score (nSPS) is 10.7. The van der Waals surface area contributed by atoms with Crippen LogP contribution in [0.3, 0.4) is 0 Å². The predicted molar refractivity (Wildman–Crippen MR) is 60.8 cm³/mol. The molecule has 2 nitrogen and oxygen atoms in total. The molecule has 2 aromatic rings. The van der Waals surface area contributed by atoms with Gasteiger partial charge in [0.25, 0.3) is 0 Å². The van der Waals surface area contributed by atoms with Gasteiger partial charge in [-0.3, -0.25) is 0 Å². The number of aromatic nitrogens is 2. The summed E-state index contributed by atoms with van der Waals surface area (Å²) in [4.78, 5) is 0.366. The van der Waals surface area contributed by atoms with E-state index in [-0.39, 0.29) is 0 Å². The molecule has 0 atom stereocenters. The molecule has 7 heteroatoms. The SMILES string of the molecule is Fc1ccc(SCc2nnsc2Cl)c(F)c1. The highest BCUT2D eigenvalue weighted by Gasteiger charge is 2.09. The van der Waals surface area contributed by atoms with Crippen molar-refractivity contribution in [3.05, 3.63) is 39.9 Å². The molecule has 1 heterocycles. The van der Waals surface area contributed by atoms with E-state index in [4.69, 9.17) is 11.6 Å². The topological polar surface area (TPSA) is 25.8 Å². The number of halogens is 3. The van der Waals surface area contributed by atoms with Gasteiger partial charge in [-0.2, -0.15) is 0 Å². The Balaban J connectivity index is 2.08. The van der Waals surface area contributed by atoms with Crippen molar-refractivity contribution in [2.24, 2.45) is 0 Å². The van der Waals surface area contributed by atoms with Crippen molar-refractivity contribution in [2.45, 2.75) is 10.6 Å². The van der Waals surface area contributed by atoms with Crippen LogP contribution in [-0.4, -0.2) is 9.59 Å². The second-order valence-corrected chi connectivity index (χ2v) is 5.23. The summed E-state index contributed by atoms with van der Waals surface area (Å²) < 4.78 is 30.0. The van der Waals surface area contributed by atoms with Crippen LogP contribution in [-0.2, 0) is 5.75 Å². The first-order valence-corrected chi connectivity index (χ1v) is 6.35. The van der Waals surface area contributed by atoms with E-state index in [9.17, 15) is 8.78 Å². The van der Waals surface area contributed by atoms with E-state index >= 15 is 0 Å². The molecule has 0 radical (unpaired) electrons. The van der Waals surface area contributed by atoms with Crippen LogP contribution in [0.25, 0.3) is 0 Å². The van der Waals surface area contributed by atoms with Crippen LogP contribution in [0.5, 0.6) is 0 Å². The van der Waals surface area contributed by atoms with E-state index in [0.717, 1.165) is 17.6 Å². The van der Waals surface area contributed by atoms with E-state index in [1.807, 2.05) is 0 Å². The van der Waals surface area contributed by atoms with Gasteiger partial charge in [0.15, 0.2) is 0 Å². The van der Waals surface area contributed by atoms with Crippen LogP contribution in [0.1, 0.15) is 5.69 Å². The van der Waals surface area contributed by atoms with Crippen molar-refractivity contribution >= 4 is 34.9 Å². The quantitative estimate of drug-likeness (QED) is 0.800. The third-order valence-electron chi connectivity index (χ3n) is 1.77. The fraction of sp³-hybridized carbons (Fsp3) is 0.111. The van der Waals surface area contributed by atoms with Gasteiger partial charge >= 0.3 is 0 Å². The molecule has 0 N–H and O–H groups in total. The minimum absolute atomic E-state index is 0.366. The van der Waals surface area contributed by atoms with Gasteiger partial charge in [0, 0.05) is 28.2 Å². The highest BCUT2D eigenvalue weighted by molar-refractivity contribution is 7.98. The van der Waals surface area contributed by atoms with Gasteiger partial charge in [0.05, 0.1) is 0 Å². The van der Waals surface area contributed by atoms with Crippen LogP contribution in [0.4, 0.5) is 8.78 Å². The second kappa shape index (κ2) is 5.07. The van der Waals surface area contributed by atoms with E-state index < -0.39 is 11.6 Å². The number of hydrogen-bond donors (Lipinski definition) is 0. The van der Waals surface area contributed by atoms with E-state index in [2.05, 4.69) is 9.59 Å². The van der Waals surface area contributed by atoms with Gasteiger partial charge in [0.1, 0.15) is 21.7 Å². The highest BCUT2D eigenvalue weighted by atomic mass is 35.5. The summed E-state index contributed by atoms with van der Waals surface area (Å²) in [5.41, 5.74) is 0.611. The summed E-state index contributed by atoms with van der Waals surface area (Å²) in [6.07, 6.45) is 0. The summed E-state index contributed by atoms with van der Waals surface area (Å²) in [6, 6.07) is 3.46. The zero-order chi connectivity index (χ0) is 11.5. The Hall–Kier alpha value is -0.720. The molecule has 0 bridgehead atoms. The average Bonchev–Trinajstić information content (AvgIpc) is 2.63. The second-order valence-electron chi connectivity index (χ2n) is 2.86. The Labute approximate surface area is 104 Å². The maximum Gasteiger partial charge on any atom is 0.139 e. The van der Waals surface area contributed by atoms with Crippen molar-refractivity contribution in [1.29, 1.82) is 0 Å². The van der Waals surface area contributed by atoms with Crippen LogP contribution >= 0.6 is 34.9 Å². The Morgan fingerprint density at radius 1 is 1.38 bits per heavy atom. The number of rotatable bonds is 3. The zero-order valence-electron chi connectivity index (χ0n) is 7.78. The molecule has 1 aromatic carbocycles. The van der Waals surface area contributed by atoms with Gasteiger partial charge in [-0.25, -0.2) is 8.78 Å². The molecule has 0 unspecified atom stereocenters. The standard InChI is InChI=1S/C9H5ClF2N2S2/c10-9-7(13-14-16-9)4-15-8-2-1-5(11)3-6(8)12/h1-3H,4H2. The lowest BCUT2D eigenvalue weighted by molar-refractivity contribution is 0.565. The maximum atomic E-state index is 13.3. The molecule has 1 aromatic heterocycles. The fourth-order valence-electron chi connectivity index (χ4n) is 1.02.